The predicted molar refractivity (Wildman–Crippen MR) is 96.0 cm³/mol. The van der Waals surface area contributed by atoms with E-state index < -0.39 is 4.92 Å². The molecule has 6 nitrogen and oxygen atoms in total. The number of rotatable bonds is 6. The Bertz CT molecular complexity index is 808. The number of carbonyl (C=O) groups excluding carboxylic acids is 1. The summed E-state index contributed by atoms with van der Waals surface area (Å²) < 4.78 is 5.33. The summed E-state index contributed by atoms with van der Waals surface area (Å²) in [5, 5.41) is 11.3. The lowest BCUT2D eigenvalue weighted by molar-refractivity contribution is -0.385. The molecule has 7 heteroatoms. The summed E-state index contributed by atoms with van der Waals surface area (Å²) in [7, 11) is 1.67. The number of ether oxygens (including phenoxy) is 1. The fourth-order valence-electron chi connectivity index (χ4n) is 2.37. The lowest BCUT2D eigenvalue weighted by Gasteiger charge is -2.19. The number of amides is 1. The second-order valence-corrected chi connectivity index (χ2v) is 6.27. The summed E-state index contributed by atoms with van der Waals surface area (Å²) in [6, 6.07) is 10.1. The molecule has 0 aromatic heterocycles. The zero-order valence-electron chi connectivity index (χ0n) is 14.3. The Hall–Kier alpha value is -2.60. The van der Waals surface area contributed by atoms with Crippen molar-refractivity contribution in [3.05, 3.63) is 68.2 Å². The molecule has 0 unspecified atom stereocenters. The Labute approximate surface area is 151 Å². The van der Waals surface area contributed by atoms with Crippen LogP contribution in [0.15, 0.2) is 36.4 Å². The molecule has 25 heavy (non-hydrogen) atoms. The third-order valence-corrected chi connectivity index (χ3v) is 4.04. The maximum Gasteiger partial charge on any atom is 0.312 e. The number of hydrogen-bond donors (Lipinski definition) is 0. The van der Waals surface area contributed by atoms with E-state index in [1.807, 2.05) is 26.0 Å². The molecule has 2 rings (SSSR count). The van der Waals surface area contributed by atoms with Crippen LogP contribution in [0.5, 0.6) is 5.75 Å². The standard InChI is InChI=1S/C18H19ClN2O4/c1-12-4-5-14(13(2)8-12)10-20(3)18(22)11-25-17-7-6-15(19)9-16(17)21(23)24/h4-9H,10-11H2,1-3H3. The molecule has 1 amide bonds. The number of benzene rings is 2. The Morgan fingerprint density at radius 2 is 1.96 bits per heavy atom. The average molecular weight is 363 g/mol. The monoisotopic (exact) mass is 362 g/mol. The molecule has 0 radical (unpaired) electrons. The number of likely N-dealkylation sites (N-methyl/N-ethyl adjacent to an activating group) is 1. The van der Waals surface area contributed by atoms with Crippen LogP contribution in [0.25, 0.3) is 0 Å². The normalized spacial score (nSPS) is 10.4. The summed E-state index contributed by atoms with van der Waals surface area (Å²) in [6.07, 6.45) is 0. The quantitative estimate of drug-likeness (QED) is 0.577. The number of nitro benzene ring substituents is 1. The van der Waals surface area contributed by atoms with Gasteiger partial charge in [0.15, 0.2) is 12.4 Å². The Kier molecular flexibility index (Phi) is 5.98. The van der Waals surface area contributed by atoms with Crippen LogP contribution in [0.2, 0.25) is 5.02 Å². The summed E-state index contributed by atoms with van der Waals surface area (Å²) >= 11 is 5.76. The van der Waals surface area contributed by atoms with E-state index >= 15 is 0 Å². The van der Waals surface area contributed by atoms with Gasteiger partial charge in [0.1, 0.15) is 0 Å². The second-order valence-electron chi connectivity index (χ2n) is 5.84. The average Bonchev–Trinajstić information content (AvgIpc) is 2.55. The lowest BCUT2D eigenvalue weighted by Crippen LogP contribution is -2.31. The van der Waals surface area contributed by atoms with Crippen LogP contribution in [-0.4, -0.2) is 29.4 Å². The fraction of sp³-hybridized carbons (Fsp3) is 0.278. The first kappa shape index (κ1) is 18.7. The SMILES string of the molecule is Cc1ccc(CN(C)C(=O)COc2ccc(Cl)cc2[N+](=O)[O-])c(C)c1. The molecule has 2 aromatic rings. The molecule has 0 aliphatic rings. The van der Waals surface area contributed by atoms with Crippen LogP contribution < -0.4 is 4.74 Å². The van der Waals surface area contributed by atoms with E-state index in [2.05, 4.69) is 6.07 Å². The number of aryl methyl sites for hydroxylation is 2. The highest BCUT2D eigenvalue weighted by molar-refractivity contribution is 6.30. The molecular weight excluding hydrogens is 344 g/mol. The summed E-state index contributed by atoms with van der Waals surface area (Å²) in [4.78, 5) is 24.2. The van der Waals surface area contributed by atoms with Crippen molar-refractivity contribution in [3.63, 3.8) is 0 Å². The van der Waals surface area contributed by atoms with Gasteiger partial charge in [-0.15, -0.1) is 0 Å². The highest BCUT2D eigenvalue weighted by atomic mass is 35.5. The van der Waals surface area contributed by atoms with E-state index in [1.54, 1.807) is 7.05 Å². The van der Waals surface area contributed by atoms with Crippen LogP contribution >= 0.6 is 11.6 Å². The smallest absolute Gasteiger partial charge is 0.312 e. The van der Waals surface area contributed by atoms with Gasteiger partial charge in [0, 0.05) is 24.7 Å². The summed E-state index contributed by atoms with van der Waals surface area (Å²) in [5.74, 6) is -0.258. The first-order valence-electron chi connectivity index (χ1n) is 7.64. The van der Waals surface area contributed by atoms with E-state index in [0.29, 0.717) is 6.54 Å². The maximum atomic E-state index is 12.3. The molecule has 0 saturated heterocycles. The van der Waals surface area contributed by atoms with Gasteiger partial charge in [0.2, 0.25) is 0 Å². The van der Waals surface area contributed by atoms with Gasteiger partial charge < -0.3 is 9.64 Å². The van der Waals surface area contributed by atoms with Crippen molar-refractivity contribution in [1.82, 2.24) is 4.90 Å². The largest absolute Gasteiger partial charge is 0.477 e. The second kappa shape index (κ2) is 7.98. The van der Waals surface area contributed by atoms with Gasteiger partial charge in [-0.05, 0) is 37.1 Å². The minimum atomic E-state index is -0.592. The molecule has 132 valence electrons. The number of nitro groups is 1. The van der Waals surface area contributed by atoms with Gasteiger partial charge in [-0.2, -0.15) is 0 Å². The predicted octanol–water partition coefficient (Wildman–Crippen LogP) is 3.90. The maximum absolute atomic E-state index is 12.3. The highest BCUT2D eigenvalue weighted by Crippen LogP contribution is 2.29. The van der Waals surface area contributed by atoms with Gasteiger partial charge in [-0.25, -0.2) is 0 Å². The van der Waals surface area contributed by atoms with Gasteiger partial charge >= 0.3 is 5.69 Å². The van der Waals surface area contributed by atoms with Crippen molar-refractivity contribution < 1.29 is 14.5 Å². The van der Waals surface area contributed by atoms with Crippen molar-refractivity contribution in [2.45, 2.75) is 20.4 Å². The van der Waals surface area contributed by atoms with Crippen LogP contribution in [0.3, 0.4) is 0 Å². The Morgan fingerprint density at radius 1 is 1.24 bits per heavy atom. The molecule has 0 fully saturated rings. The van der Waals surface area contributed by atoms with Crippen molar-refractivity contribution in [2.75, 3.05) is 13.7 Å². The zero-order chi connectivity index (χ0) is 18.6. The topological polar surface area (TPSA) is 72.7 Å². The van der Waals surface area contributed by atoms with E-state index in [9.17, 15) is 14.9 Å². The van der Waals surface area contributed by atoms with E-state index in [1.165, 1.54) is 23.1 Å². The minimum absolute atomic E-state index is 0.0164. The van der Waals surface area contributed by atoms with Crippen LogP contribution in [0, 0.1) is 24.0 Å². The van der Waals surface area contributed by atoms with E-state index in [4.69, 9.17) is 16.3 Å². The number of halogens is 1. The molecule has 0 aliphatic heterocycles. The Balaban J connectivity index is 2.01. The van der Waals surface area contributed by atoms with Crippen LogP contribution in [0.1, 0.15) is 16.7 Å². The van der Waals surface area contributed by atoms with Crippen LogP contribution in [-0.2, 0) is 11.3 Å². The highest BCUT2D eigenvalue weighted by Gasteiger charge is 2.18. The van der Waals surface area contributed by atoms with Gasteiger partial charge in [-0.1, -0.05) is 35.4 Å². The van der Waals surface area contributed by atoms with Gasteiger partial charge in [-0.3, -0.25) is 14.9 Å². The molecule has 0 N–H and O–H groups in total. The molecule has 0 aliphatic carbocycles. The fourth-order valence-corrected chi connectivity index (χ4v) is 2.54. The number of nitrogens with zero attached hydrogens (tertiary/aromatic N) is 2. The molecular formula is C18H19ClN2O4. The first-order valence-corrected chi connectivity index (χ1v) is 8.02. The summed E-state index contributed by atoms with van der Waals surface area (Å²) in [6.45, 7) is 4.16. The van der Waals surface area contributed by atoms with Crippen molar-refractivity contribution >= 4 is 23.2 Å². The molecule has 0 bridgehead atoms. The molecule has 0 heterocycles. The minimum Gasteiger partial charge on any atom is -0.477 e. The van der Waals surface area contributed by atoms with E-state index in [0.717, 1.165) is 16.7 Å². The molecule has 0 spiro atoms. The van der Waals surface area contributed by atoms with Crippen molar-refractivity contribution in [2.24, 2.45) is 0 Å². The van der Waals surface area contributed by atoms with Crippen LogP contribution in [0.4, 0.5) is 5.69 Å². The third-order valence-electron chi connectivity index (χ3n) is 3.80. The lowest BCUT2D eigenvalue weighted by atomic mass is 10.1. The first-order chi connectivity index (χ1) is 11.8. The summed E-state index contributed by atoms with van der Waals surface area (Å²) in [5.41, 5.74) is 3.04. The molecule has 0 saturated carbocycles. The Morgan fingerprint density at radius 3 is 2.60 bits per heavy atom. The van der Waals surface area contributed by atoms with E-state index in [-0.39, 0.29) is 29.0 Å². The third kappa shape index (κ3) is 4.93. The van der Waals surface area contributed by atoms with Crippen molar-refractivity contribution in [3.8, 4) is 5.75 Å². The van der Waals surface area contributed by atoms with Gasteiger partial charge in [0.25, 0.3) is 5.91 Å². The van der Waals surface area contributed by atoms with Crippen molar-refractivity contribution in [1.29, 1.82) is 0 Å². The molecule has 2 aromatic carbocycles. The molecule has 0 atom stereocenters. The zero-order valence-corrected chi connectivity index (χ0v) is 15.0. The number of hydrogen-bond acceptors (Lipinski definition) is 4. The number of carbonyl (C=O) groups is 1. The van der Waals surface area contributed by atoms with Gasteiger partial charge in [0.05, 0.1) is 4.92 Å².